The minimum Gasteiger partial charge on any atom is -0.356 e. The smallest absolute Gasteiger partial charge is 0.135 e. The van der Waals surface area contributed by atoms with Crippen LogP contribution >= 0.6 is 0 Å². The highest BCUT2D eigenvalue weighted by Gasteiger charge is 2.24. The minimum absolute atomic E-state index is 0.838. The Hall–Kier alpha value is -1.16. The maximum atomic E-state index is 4.62. The number of hydrogen-bond acceptors (Lipinski definition) is 4. The van der Waals surface area contributed by atoms with Crippen molar-refractivity contribution < 1.29 is 0 Å². The lowest BCUT2D eigenvalue weighted by atomic mass is 9.93. The zero-order valence-electron chi connectivity index (χ0n) is 13.3. The van der Waals surface area contributed by atoms with E-state index in [9.17, 15) is 0 Å². The van der Waals surface area contributed by atoms with Crippen LogP contribution in [0.25, 0.3) is 0 Å². The Morgan fingerprint density at radius 1 is 1.19 bits per heavy atom. The summed E-state index contributed by atoms with van der Waals surface area (Å²) in [6, 6.07) is 0. The number of aryl methyl sites for hydroxylation is 1. The summed E-state index contributed by atoms with van der Waals surface area (Å²) >= 11 is 0. The molecule has 0 spiro atoms. The average molecular weight is 288 g/mol. The Morgan fingerprint density at radius 2 is 2.00 bits per heavy atom. The van der Waals surface area contributed by atoms with Crippen LogP contribution in [-0.2, 0) is 12.8 Å². The predicted molar refractivity (Wildman–Crippen MR) is 86.8 cm³/mol. The summed E-state index contributed by atoms with van der Waals surface area (Å²) in [6.07, 6.45) is 10.5. The molecule has 2 aliphatic rings. The number of aromatic nitrogens is 2. The lowest BCUT2D eigenvalue weighted by molar-refractivity contribution is 0.381. The molecule has 1 N–H and O–H groups in total. The first-order chi connectivity index (χ1) is 10.4. The van der Waals surface area contributed by atoms with E-state index in [4.69, 9.17) is 0 Å². The number of nitrogens with one attached hydrogen (secondary N) is 1. The van der Waals surface area contributed by atoms with Gasteiger partial charge in [0.15, 0.2) is 0 Å². The van der Waals surface area contributed by atoms with E-state index in [1.165, 1.54) is 62.1 Å². The van der Waals surface area contributed by atoms with Crippen molar-refractivity contribution in [2.24, 2.45) is 5.92 Å². The van der Waals surface area contributed by atoms with Gasteiger partial charge in [-0.25, -0.2) is 9.97 Å². The molecule has 3 rings (SSSR count). The summed E-state index contributed by atoms with van der Waals surface area (Å²) in [6.45, 7) is 6.88. The molecule has 2 heterocycles. The van der Waals surface area contributed by atoms with Gasteiger partial charge in [0.05, 0.1) is 0 Å². The van der Waals surface area contributed by atoms with Gasteiger partial charge in [0, 0.05) is 24.3 Å². The molecule has 1 aliphatic heterocycles. The van der Waals surface area contributed by atoms with Crippen LogP contribution in [0.5, 0.6) is 0 Å². The predicted octanol–water partition coefficient (Wildman–Crippen LogP) is 2.57. The first kappa shape index (κ1) is 14.8. The Balaban J connectivity index is 1.59. The van der Waals surface area contributed by atoms with Gasteiger partial charge in [0.25, 0.3) is 0 Å². The largest absolute Gasteiger partial charge is 0.356 e. The number of anilines is 1. The van der Waals surface area contributed by atoms with Gasteiger partial charge in [-0.05, 0) is 64.0 Å². The molecule has 0 atom stereocenters. The van der Waals surface area contributed by atoms with Gasteiger partial charge < -0.3 is 10.2 Å². The molecular formula is C17H28N4. The maximum Gasteiger partial charge on any atom is 0.135 e. The fraction of sp³-hybridized carbons (Fsp3) is 0.765. The van der Waals surface area contributed by atoms with E-state index < -0.39 is 0 Å². The normalized spacial score (nSPS) is 19.6. The molecule has 1 aliphatic carbocycles. The van der Waals surface area contributed by atoms with Crippen molar-refractivity contribution in [1.82, 2.24) is 15.3 Å². The first-order valence-electron chi connectivity index (χ1n) is 8.67. The van der Waals surface area contributed by atoms with Gasteiger partial charge in [-0.1, -0.05) is 6.92 Å². The third kappa shape index (κ3) is 3.54. The first-order valence-corrected chi connectivity index (χ1v) is 8.67. The molecule has 4 heteroatoms. The molecule has 116 valence electrons. The van der Waals surface area contributed by atoms with Crippen molar-refractivity contribution in [3.8, 4) is 0 Å². The van der Waals surface area contributed by atoms with Crippen molar-refractivity contribution in [2.75, 3.05) is 31.1 Å². The van der Waals surface area contributed by atoms with Gasteiger partial charge in [-0.3, -0.25) is 0 Å². The number of piperidine rings is 1. The SMILES string of the molecule is CCCNCC1CCN(c2ncnc3c2CCCC3)CC1. The lowest BCUT2D eigenvalue weighted by Crippen LogP contribution is -2.38. The molecule has 4 nitrogen and oxygen atoms in total. The van der Waals surface area contributed by atoms with Crippen LogP contribution in [-0.4, -0.2) is 36.1 Å². The molecule has 0 bridgehead atoms. The van der Waals surface area contributed by atoms with Crippen LogP contribution in [0.15, 0.2) is 6.33 Å². The molecule has 0 amide bonds. The van der Waals surface area contributed by atoms with Gasteiger partial charge in [0.2, 0.25) is 0 Å². The highest BCUT2D eigenvalue weighted by Crippen LogP contribution is 2.29. The fourth-order valence-corrected chi connectivity index (χ4v) is 3.61. The molecule has 1 fully saturated rings. The summed E-state index contributed by atoms with van der Waals surface area (Å²) in [5.74, 6) is 2.07. The van der Waals surface area contributed by atoms with E-state index in [-0.39, 0.29) is 0 Å². The number of fused-ring (bicyclic) bond motifs is 1. The number of hydrogen-bond donors (Lipinski definition) is 1. The van der Waals surface area contributed by atoms with Crippen LogP contribution in [0.2, 0.25) is 0 Å². The van der Waals surface area contributed by atoms with Gasteiger partial charge in [-0.2, -0.15) is 0 Å². The summed E-state index contributed by atoms with van der Waals surface area (Å²) < 4.78 is 0. The number of rotatable bonds is 5. The topological polar surface area (TPSA) is 41.0 Å². The van der Waals surface area contributed by atoms with E-state index in [1.807, 2.05) is 0 Å². The second kappa shape index (κ2) is 7.21. The number of nitrogens with zero attached hydrogens (tertiary/aromatic N) is 3. The summed E-state index contributed by atoms with van der Waals surface area (Å²) in [7, 11) is 0. The van der Waals surface area contributed by atoms with Crippen molar-refractivity contribution >= 4 is 5.82 Å². The molecule has 0 saturated carbocycles. The van der Waals surface area contributed by atoms with Crippen LogP contribution < -0.4 is 10.2 Å². The summed E-state index contributed by atoms with van der Waals surface area (Å²) in [5, 5.41) is 3.57. The van der Waals surface area contributed by atoms with Crippen LogP contribution in [0, 0.1) is 5.92 Å². The van der Waals surface area contributed by atoms with E-state index >= 15 is 0 Å². The molecule has 21 heavy (non-hydrogen) atoms. The molecule has 1 aromatic heterocycles. The lowest BCUT2D eigenvalue weighted by Gasteiger charge is -2.34. The van der Waals surface area contributed by atoms with E-state index in [2.05, 4.69) is 27.1 Å². The second-order valence-corrected chi connectivity index (χ2v) is 6.46. The standard InChI is InChI=1S/C17H28N4/c1-2-9-18-12-14-7-10-21(11-8-14)17-15-5-3-4-6-16(15)19-13-20-17/h13-14,18H,2-12H2,1H3. The van der Waals surface area contributed by atoms with E-state index in [1.54, 1.807) is 6.33 Å². The Bertz CT molecular complexity index is 452. The monoisotopic (exact) mass is 288 g/mol. The zero-order valence-corrected chi connectivity index (χ0v) is 13.3. The molecule has 0 unspecified atom stereocenters. The summed E-state index contributed by atoms with van der Waals surface area (Å²) in [4.78, 5) is 11.6. The van der Waals surface area contributed by atoms with Crippen LogP contribution in [0.1, 0.15) is 50.3 Å². The molecular weight excluding hydrogens is 260 g/mol. The highest BCUT2D eigenvalue weighted by atomic mass is 15.2. The maximum absolute atomic E-state index is 4.62. The molecule has 0 radical (unpaired) electrons. The second-order valence-electron chi connectivity index (χ2n) is 6.46. The van der Waals surface area contributed by atoms with Crippen molar-refractivity contribution in [1.29, 1.82) is 0 Å². The molecule has 0 aromatic carbocycles. The fourth-order valence-electron chi connectivity index (χ4n) is 3.61. The van der Waals surface area contributed by atoms with Crippen molar-refractivity contribution in [3.63, 3.8) is 0 Å². The highest BCUT2D eigenvalue weighted by molar-refractivity contribution is 5.49. The van der Waals surface area contributed by atoms with Crippen LogP contribution in [0.3, 0.4) is 0 Å². The Morgan fingerprint density at radius 3 is 2.81 bits per heavy atom. The van der Waals surface area contributed by atoms with Gasteiger partial charge in [-0.15, -0.1) is 0 Å². The summed E-state index contributed by atoms with van der Waals surface area (Å²) in [5.41, 5.74) is 2.74. The third-order valence-corrected chi connectivity index (χ3v) is 4.88. The zero-order chi connectivity index (χ0) is 14.5. The van der Waals surface area contributed by atoms with Crippen molar-refractivity contribution in [3.05, 3.63) is 17.6 Å². The van der Waals surface area contributed by atoms with Crippen LogP contribution in [0.4, 0.5) is 5.82 Å². The Labute approximate surface area is 128 Å². The van der Waals surface area contributed by atoms with Crippen molar-refractivity contribution in [2.45, 2.75) is 51.9 Å². The Kier molecular flexibility index (Phi) is 5.07. The minimum atomic E-state index is 0.838. The molecule has 1 aromatic rings. The van der Waals surface area contributed by atoms with Gasteiger partial charge in [0.1, 0.15) is 12.1 Å². The molecule has 1 saturated heterocycles. The van der Waals surface area contributed by atoms with E-state index in [0.29, 0.717) is 0 Å². The van der Waals surface area contributed by atoms with E-state index in [0.717, 1.165) is 32.0 Å². The average Bonchev–Trinajstić information content (AvgIpc) is 2.55. The third-order valence-electron chi connectivity index (χ3n) is 4.88. The van der Waals surface area contributed by atoms with Gasteiger partial charge >= 0.3 is 0 Å². The quantitative estimate of drug-likeness (QED) is 0.846.